The van der Waals surface area contributed by atoms with Gasteiger partial charge in [0.05, 0.1) is 19.3 Å². The normalized spacial score (nSPS) is 10.6. The topological polar surface area (TPSA) is 75.2 Å². The molecule has 0 aliphatic carbocycles. The van der Waals surface area contributed by atoms with Crippen molar-refractivity contribution < 1.29 is 9.47 Å². The van der Waals surface area contributed by atoms with Gasteiger partial charge in [0.1, 0.15) is 6.61 Å². The molecule has 6 nitrogen and oxygen atoms in total. The van der Waals surface area contributed by atoms with Crippen molar-refractivity contribution in [1.82, 2.24) is 15.0 Å². The lowest BCUT2D eigenvalue weighted by Gasteiger charge is -2.09. The number of rotatable bonds is 9. The first-order valence-electron chi connectivity index (χ1n) is 7.18. The molecule has 2 rings (SSSR count). The van der Waals surface area contributed by atoms with Crippen LogP contribution in [-0.4, -0.2) is 35.3 Å². The molecule has 21 heavy (non-hydrogen) atoms. The van der Waals surface area contributed by atoms with Gasteiger partial charge in [0.2, 0.25) is 0 Å². The van der Waals surface area contributed by atoms with E-state index in [0.29, 0.717) is 13.2 Å². The molecule has 0 fully saturated rings. The van der Waals surface area contributed by atoms with Crippen molar-refractivity contribution in [3.8, 4) is 11.5 Å². The quantitative estimate of drug-likeness (QED) is 0.711. The Labute approximate surface area is 124 Å². The number of methoxy groups -OCH3 is 1. The fraction of sp³-hybridized carbons (Fsp3) is 0.467. The molecule has 0 spiro atoms. The zero-order chi connectivity index (χ0) is 14.9. The summed E-state index contributed by atoms with van der Waals surface area (Å²) >= 11 is 0. The predicted molar refractivity (Wildman–Crippen MR) is 80.5 cm³/mol. The fourth-order valence-electron chi connectivity index (χ4n) is 2.00. The lowest BCUT2D eigenvalue weighted by atomic mass is 10.2. The third kappa shape index (κ3) is 4.75. The van der Waals surface area contributed by atoms with Crippen molar-refractivity contribution >= 4 is 0 Å². The Morgan fingerprint density at radius 1 is 1.19 bits per heavy atom. The minimum atomic E-state index is 0.520. The van der Waals surface area contributed by atoms with Crippen LogP contribution in [0.2, 0.25) is 0 Å². The Morgan fingerprint density at radius 3 is 2.76 bits per heavy atom. The molecule has 1 heterocycles. The van der Waals surface area contributed by atoms with Gasteiger partial charge in [-0.15, -0.1) is 5.10 Å². The molecule has 0 saturated carbocycles. The van der Waals surface area contributed by atoms with E-state index in [1.54, 1.807) is 11.8 Å². The molecule has 0 unspecified atom stereocenters. The molecule has 114 valence electrons. The zero-order valence-electron chi connectivity index (χ0n) is 12.4. The molecule has 0 aliphatic heterocycles. The number of aromatic nitrogens is 3. The molecular weight excluding hydrogens is 268 g/mol. The van der Waals surface area contributed by atoms with Gasteiger partial charge in [-0.2, -0.15) is 0 Å². The molecule has 0 saturated heterocycles. The highest BCUT2D eigenvalue weighted by Gasteiger charge is 2.04. The van der Waals surface area contributed by atoms with Crippen LogP contribution in [0.1, 0.15) is 18.5 Å². The molecule has 0 aliphatic rings. The van der Waals surface area contributed by atoms with Crippen molar-refractivity contribution in [2.75, 3.05) is 20.3 Å². The highest BCUT2D eigenvalue weighted by Crippen LogP contribution is 2.25. The number of hydrogen-bond acceptors (Lipinski definition) is 5. The van der Waals surface area contributed by atoms with Gasteiger partial charge in [0.25, 0.3) is 0 Å². The predicted octanol–water partition coefficient (Wildman–Crippen LogP) is 1.65. The van der Waals surface area contributed by atoms with Crippen LogP contribution in [0.5, 0.6) is 11.5 Å². The number of unbranched alkanes of at least 4 members (excludes halogenated alkanes) is 1. The minimum absolute atomic E-state index is 0.520. The smallest absolute Gasteiger partial charge is 0.161 e. The van der Waals surface area contributed by atoms with Crippen LogP contribution in [0.4, 0.5) is 0 Å². The van der Waals surface area contributed by atoms with E-state index in [0.717, 1.165) is 43.0 Å². The third-order valence-corrected chi connectivity index (χ3v) is 3.12. The second-order valence-electron chi connectivity index (χ2n) is 4.72. The molecular formula is C15H22N4O2. The van der Waals surface area contributed by atoms with Gasteiger partial charge < -0.3 is 15.2 Å². The van der Waals surface area contributed by atoms with E-state index in [1.165, 1.54) is 0 Å². The van der Waals surface area contributed by atoms with E-state index < -0.39 is 0 Å². The summed E-state index contributed by atoms with van der Waals surface area (Å²) in [5.41, 5.74) is 6.48. The lowest BCUT2D eigenvalue weighted by Crippen LogP contribution is -2.09. The van der Waals surface area contributed by atoms with Gasteiger partial charge >= 0.3 is 0 Å². The summed E-state index contributed by atoms with van der Waals surface area (Å²) in [5, 5.41) is 8.23. The average Bonchev–Trinajstić information content (AvgIpc) is 2.96. The van der Waals surface area contributed by atoms with Crippen molar-refractivity contribution in [3.05, 3.63) is 36.2 Å². The summed E-state index contributed by atoms with van der Waals surface area (Å²) in [5.74, 6) is 1.47. The summed E-state index contributed by atoms with van der Waals surface area (Å²) in [6.07, 6.45) is 4.95. The second kappa shape index (κ2) is 8.26. The Hall–Kier alpha value is -2.08. The molecule has 2 aromatic rings. The van der Waals surface area contributed by atoms with E-state index in [4.69, 9.17) is 15.2 Å². The van der Waals surface area contributed by atoms with E-state index in [1.807, 2.05) is 30.5 Å². The van der Waals surface area contributed by atoms with Crippen molar-refractivity contribution in [3.63, 3.8) is 0 Å². The maximum Gasteiger partial charge on any atom is 0.161 e. The molecule has 1 aromatic carbocycles. The lowest BCUT2D eigenvalue weighted by molar-refractivity contribution is 0.273. The van der Waals surface area contributed by atoms with Crippen LogP contribution in [0.15, 0.2) is 30.5 Å². The summed E-state index contributed by atoms with van der Waals surface area (Å²) in [6.45, 7) is 1.90. The number of hydrogen-bond donors (Lipinski definition) is 1. The number of nitrogens with zero attached hydrogens (tertiary/aromatic N) is 3. The van der Waals surface area contributed by atoms with E-state index >= 15 is 0 Å². The van der Waals surface area contributed by atoms with E-state index in [-0.39, 0.29) is 0 Å². The van der Waals surface area contributed by atoms with Gasteiger partial charge in [-0.3, -0.25) is 0 Å². The van der Waals surface area contributed by atoms with Gasteiger partial charge in [0.15, 0.2) is 11.5 Å². The minimum Gasteiger partial charge on any atom is -0.493 e. The Balaban J connectivity index is 1.78. The number of para-hydroxylation sites is 2. The van der Waals surface area contributed by atoms with Gasteiger partial charge in [-0.25, -0.2) is 4.68 Å². The van der Waals surface area contributed by atoms with E-state index in [9.17, 15) is 0 Å². The Bertz CT molecular complexity index is 542. The number of ether oxygens (including phenoxy) is 2. The van der Waals surface area contributed by atoms with Crippen LogP contribution in [0.3, 0.4) is 0 Å². The van der Waals surface area contributed by atoms with Gasteiger partial charge in [-0.05, 0) is 37.9 Å². The zero-order valence-corrected chi connectivity index (χ0v) is 12.4. The average molecular weight is 290 g/mol. The molecule has 1 aromatic heterocycles. The number of benzene rings is 1. The van der Waals surface area contributed by atoms with Crippen LogP contribution >= 0.6 is 0 Å². The van der Waals surface area contributed by atoms with Crippen LogP contribution in [-0.2, 0) is 13.0 Å². The summed E-state index contributed by atoms with van der Waals surface area (Å²) in [7, 11) is 1.63. The first-order valence-corrected chi connectivity index (χ1v) is 7.18. The van der Waals surface area contributed by atoms with E-state index in [2.05, 4.69) is 10.3 Å². The highest BCUT2D eigenvalue weighted by atomic mass is 16.5. The number of nitrogens with two attached hydrogens (primary N) is 1. The maximum atomic E-state index is 5.71. The van der Waals surface area contributed by atoms with Gasteiger partial charge in [0, 0.05) is 6.20 Å². The Morgan fingerprint density at radius 2 is 2.00 bits per heavy atom. The monoisotopic (exact) mass is 290 g/mol. The maximum absolute atomic E-state index is 5.71. The fourth-order valence-corrected chi connectivity index (χ4v) is 2.00. The SMILES string of the molecule is COc1ccccc1OCCn1cc(CCCCN)nn1. The molecule has 6 heteroatoms. The first-order chi connectivity index (χ1) is 10.3. The third-order valence-electron chi connectivity index (χ3n) is 3.12. The van der Waals surface area contributed by atoms with Crippen molar-refractivity contribution in [1.29, 1.82) is 0 Å². The summed E-state index contributed by atoms with van der Waals surface area (Å²) < 4.78 is 12.7. The van der Waals surface area contributed by atoms with Crippen molar-refractivity contribution in [2.24, 2.45) is 5.73 Å². The van der Waals surface area contributed by atoms with Crippen LogP contribution in [0.25, 0.3) is 0 Å². The van der Waals surface area contributed by atoms with Crippen LogP contribution < -0.4 is 15.2 Å². The second-order valence-corrected chi connectivity index (χ2v) is 4.72. The molecule has 2 N–H and O–H groups in total. The highest BCUT2D eigenvalue weighted by molar-refractivity contribution is 5.39. The first kappa shape index (κ1) is 15.3. The van der Waals surface area contributed by atoms with Crippen molar-refractivity contribution in [2.45, 2.75) is 25.8 Å². The van der Waals surface area contributed by atoms with Gasteiger partial charge in [-0.1, -0.05) is 17.3 Å². The largest absolute Gasteiger partial charge is 0.493 e. The summed E-state index contributed by atoms with van der Waals surface area (Å²) in [4.78, 5) is 0. The molecule has 0 radical (unpaired) electrons. The molecule has 0 bridgehead atoms. The molecule has 0 atom stereocenters. The standard InChI is InChI=1S/C15H22N4O2/c1-20-14-7-2-3-8-15(14)21-11-10-19-12-13(17-18-19)6-4-5-9-16/h2-3,7-8,12H,4-6,9-11,16H2,1H3. The molecule has 0 amide bonds. The summed E-state index contributed by atoms with van der Waals surface area (Å²) in [6, 6.07) is 7.60. The number of aryl methyl sites for hydroxylation is 1. The Kier molecular flexibility index (Phi) is 6.02. The van der Waals surface area contributed by atoms with Crippen LogP contribution in [0, 0.1) is 0 Å².